The molecular weight excluding hydrogens is 184 g/mol. The zero-order valence-electron chi connectivity index (χ0n) is 9.96. The zero-order chi connectivity index (χ0) is 11.3. The topological polar surface area (TPSA) is 38.0 Å². The highest BCUT2D eigenvalue weighted by atomic mass is 15.2. The molecule has 1 unspecified atom stereocenters. The summed E-state index contributed by atoms with van der Waals surface area (Å²) in [5.41, 5.74) is 4.52. The highest BCUT2D eigenvalue weighted by Crippen LogP contribution is 2.26. The first-order valence-corrected chi connectivity index (χ1v) is 5.54. The third kappa shape index (κ3) is 4.45. The normalized spacial score (nSPS) is 13.9. The third-order valence-electron chi connectivity index (χ3n) is 2.59. The molecule has 2 nitrogen and oxygen atoms in total. The fourth-order valence-corrected chi connectivity index (χ4v) is 1.61. The molecule has 84 valence electrons. The van der Waals surface area contributed by atoms with Crippen molar-refractivity contribution >= 4 is 0 Å². The van der Waals surface area contributed by atoms with Crippen molar-refractivity contribution in [2.75, 3.05) is 0 Å². The monoisotopic (exact) mass is 206 g/mol. The van der Waals surface area contributed by atoms with E-state index in [-0.39, 0.29) is 6.04 Å². The zero-order valence-corrected chi connectivity index (χ0v) is 9.96. The number of nitrogens with one attached hydrogen (secondary N) is 1. The molecule has 3 N–H and O–H groups in total. The summed E-state index contributed by atoms with van der Waals surface area (Å²) >= 11 is 0. The van der Waals surface area contributed by atoms with Gasteiger partial charge in [0.1, 0.15) is 0 Å². The lowest BCUT2D eigenvalue weighted by atomic mass is 9.87. The summed E-state index contributed by atoms with van der Waals surface area (Å²) in [6.07, 6.45) is 2.24. The van der Waals surface area contributed by atoms with Crippen molar-refractivity contribution < 1.29 is 0 Å². The Morgan fingerprint density at radius 2 is 1.80 bits per heavy atom. The van der Waals surface area contributed by atoms with E-state index in [1.165, 1.54) is 5.56 Å². The SMILES string of the molecule is CC(C)(C)CCC(NN)c1ccccc1. The van der Waals surface area contributed by atoms with Gasteiger partial charge in [0.15, 0.2) is 0 Å². The lowest BCUT2D eigenvalue weighted by Gasteiger charge is -2.23. The van der Waals surface area contributed by atoms with Crippen molar-refractivity contribution in [2.24, 2.45) is 11.3 Å². The molecule has 1 atom stereocenters. The van der Waals surface area contributed by atoms with Crippen LogP contribution in [-0.4, -0.2) is 0 Å². The molecular formula is C13H22N2. The average molecular weight is 206 g/mol. The first-order chi connectivity index (χ1) is 7.03. The Labute approximate surface area is 92.8 Å². The molecule has 0 aliphatic heterocycles. The predicted molar refractivity (Wildman–Crippen MR) is 65.2 cm³/mol. The molecule has 15 heavy (non-hydrogen) atoms. The molecule has 0 radical (unpaired) electrons. The van der Waals surface area contributed by atoms with Gasteiger partial charge in [-0.2, -0.15) is 0 Å². The molecule has 2 heteroatoms. The summed E-state index contributed by atoms with van der Waals surface area (Å²) in [6, 6.07) is 10.6. The third-order valence-corrected chi connectivity index (χ3v) is 2.59. The van der Waals surface area contributed by atoms with Gasteiger partial charge in [0.2, 0.25) is 0 Å². The van der Waals surface area contributed by atoms with Gasteiger partial charge in [-0.15, -0.1) is 0 Å². The summed E-state index contributed by atoms with van der Waals surface area (Å²) in [4.78, 5) is 0. The van der Waals surface area contributed by atoms with Crippen LogP contribution in [0.25, 0.3) is 0 Å². The van der Waals surface area contributed by atoms with Crippen molar-refractivity contribution in [3.8, 4) is 0 Å². The summed E-state index contributed by atoms with van der Waals surface area (Å²) in [6.45, 7) is 6.77. The van der Waals surface area contributed by atoms with E-state index in [1.54, 1.807) is 0 Å². The van der Waals surface area contributed by atoms with Crippen LogP contribution in [0.4, 0.5) is 0 Å². The summed E-state index contributed by atoms with van der Waals surface area (Å²) in [5, 5.41) is 0. The fourth-order valence-electron chi connectivity index (χ4n) is 1.61. The fraction of sp³-hybridized carbons (Fsp3) is 0.538. The minimum absolute atomic E-state index is 0.269. The van der Waals surface area contributed by atoms with Crippen LogP contribution in [0.3, 0.4) is 0 Å². The molecule has 0 saturated carbocycles. The number of hydrogen-bond acceptors (Lipinski definition) is 2. The van der Waals surface area contributed by atoms with Crippen LogP contribution in [0.5, 0.6) is 0 Å². The molecule has 0 aromatic heterocycles. The van der Waals surface area contributed by atoms with Crippen LogP contribution in [0.1, 0.15) is 45.2 Å². The predicted octanol–water partition coefficient (Wildman–Crippen LogP) is 3.02. The van der Waals surface area contributed by atoms with Gasteiger partial charge in [-0.3, -0.25) is 11.3 Å². The molecule has 0 saturated heterocycles. The number of benzene rings is 1. The molecule has 0 heterocycles. The molecule has 1 aromatic carbocycles. The molecule has 0 amide bonds. The lowest BCUT2D eigenvalue weighted by molar-refractivity contribution is 0.333. The van der Waals surface area contributed by atoms with Crippen LogP contribution < -0.4 is 11.3 Å². The average Bonchev–Trinajstić information content (AvgIpc) is 2.19. The smallest absolute Gasteiger partial charge is 0.0460 e. The summed E-state index contributed by atoms with van der Waals surface area (Å²) in [5.74, 6) is 5.58. The Morgan fingerprint density at radius 3 is 2.27 bits per heavy atom. The Hall–Kier alpha value is -0.860. The highest BCUT2D eigenvalue weighted by molar-refractivity contribution is 5.18. The van der Waals surface area contributed by atoms with Gasteiger partial charge >= 0.3 is 0 Å². The number of hydrazine groups is 1. The van der Waals surface area contributed by atoms with E-state index in [0.717, 1.165) is 12.8 Å². The van der Waals surface area contributed by atoms with Gasteiger partial charge in [0.05, 0.1) is 0 Å². The van der Waals surface area contributed by atoms with Gasteiger partial charge in [-0.05, 0) is 23.8 Å². The number of nitrogens with two attached hydrogens (primary N) is 1. The van der Waals surface area contributed by atoms with Crippen LogP contribution in [-0.2, 0) is 0 Å². The molecule has 0 spiro atoms. The van der Waals surface area contributed by atoms with E-state index in [9.17, 15) is 0 Å². The summed E-state index contributed by atoms with van der Waals surface area (Å²) in [7, 11) is 0. The van der Waals surface area contributed by atoms with Crippen molar-refractivity contribution in [3.63, 3.8) is 0 Å². The summed E-state index contributed by atoms with van der Waals surface area (Å²) < 4.78 is 0. The highest BCUT2D eigenvalue weighted by Gasteiger charge is 2.15. The maximum Gasteiger partial charge on any atom is 0.0460 e. The van der Waals surface area contributed by atoms with Crippen LogP contribution >= 0.6 is 0 Å². The second-order valence-electron chi connectivity index (χ2n) is 5.23. The second-order valence-corrected chi connectivity index (χ2v) is 5.23. The van der Waals surface area contributed by atoms with Crippen molar-refractivity contribution in [2.45, 2.75) is 39.7 Å². The molecule has 0 bridgehead atoms. The van der Waals surface area contributed by atoms with Crippen LogP contribution in [0.2, 0.25) is 0 Å². The van der Waals surface area contributed by atoms with E-state index in [4.69, 9.17) is 5.84 Å². The Balaban J connectivity index is 2.58. The first kappa shape index (κ1) is 12.2. The minimum Gasteiger partial charge on any atom is -0.271 e. The van der Waals surface area contributed by atoms with E-state index >= 15 is 0 Å². The lowest BCUT2D eigenvalue weighted by Crippen LogP contribution is -2.28. The van der Waals surface area contributed by atoms with Gasteiger partial charge in [-0.25, -0.2) is 0 Å². The minimum atomic E-state index is 0.269. The van der Waals surface area contributed by atoms with E-state index in [0.29, 0.717) is 5.41 Å². The van der Waals surface area contributed by atoms with Crippen molar-refractivity contribution in [1.82, 2.24) is 5.43 Å². The molecule has 1 aromatic rings. The quantitative estimate of drug-likeness (QED) is 0.587. The maximum atomic E-state index is 5.58. The van der Waals surface area contributed by atoms with Crippen LogP contribution in [0, 0.1) is 5.41 Å². The maximum absolute atomic E-state index is 5.58. The molecule has 0 aliphatic carbocycles. The van der Waals surface area contributed by atoms with Crippen molar-refractivity contribution in [3.05, 3.63) is 35.9 Å². The Bertz CT molecular complexity index is 274. The van der Waals surface area contributed by atoms with Gasteiger partial charge in [0, 0.05) is 6.04 Å². The molecule has 0 aliphatic rings. The van der Waals surface area contributed by atoms with Gasteiger partial charge in [0.25, 0.3) is 0 Å². The van der Waals surface area contributed by atoms with E-state index < -0.39 is 0 Å². The molecule has 1 rings (SSSR count). The number of rotatable bonds is 4. The first-order valence-electron chi connectivity index (χ1n) is 5.54. The largest absolute Gasteiger partial charge is 0.271 e. The Morgan fingerprint density at radius 1 is 1.20 bits per heavy atom. The van der Waals surface area contributed by atoms with E-state index in [2.05, 4.69) is 50.5 Å². The second kappa shape index (κ2) is 5.29. The van der Waals surface area contributed by atoms with E-state index in [1.807, 2.05) is 6.07 Å². The standard InChI is InChI=1S/C13H22N2/c1-13(2,3)10-9-12(15-14)11-7-5-4-6-8-11/h4-8,12,15H,9-10,14H2,1-3H3. The van der Waals surface area contributed by atoms with Gasteiger partial charge < -0.3 is 0 Å². The van der Waals surface area contributed by atoms with Crippen molar-refractivity contribution in [1.29, 1.82) is 0 Å². The van der Waals surface area contributed by atoms with Gasteiger partial charge in [-0.1, -0.05) is 51.1 Å². The Kier molecular flexibility index (Phi) is 4.30. The molecule has 0 fully saturated rings. The number of hydrogen-bond donors (Lipinski definition) is 2. The van der Waals surface area contributed by atoms with Crippen LogP contribution in [0.15, 0.2) is 30.3 Å².